The van der Waals surface area contributed by atoms with Crippen LogP contribution in [-0.2, 0) is 13.3 Å². The van der Waals surface area contributed by atoms with E-state index in [4.69, 9.17) is 13.3 Å². The van der Waals surface area contributed by atoms with E-state index in [0.29, 0.717) is 19.8 Å². The van der Waals surface area contributed by atoms with Gasteiger partial charge in [0.1, 0.15) is 0 Å². The molecule has 0 heterocycles. The van der Waals surface area contributed by atoms with Crippen molar-refractivity contribution in [2.75, 3.05) is 19.8 Å². The molecule has 0 aliphatic carbocycles. The van der Waals surface area contributed by atoms with Crippen LogP contribution in [0.3, 0.4) is 0 Å². The first-order valence-corrected chi connectivity index (χ1v) is 12.1. The topological polar surface area (TPSA) is 27.7 Å². The minimum atomic E-state index is -3.09. The van der Waals surface area contributed by atoms with Gasteiger partial charge in [0.15, 0.2) is 0 Å². The molecule has 0 aliphatic heterocycles. The fourth-order valence-electron chi connectivity index (χ4n) is 3.77. The van der Waals surface area contributed by atoms with Gasteiger partial charge in [-0.15, -0.1) is 0 Å². The van der Waals surface area contributed by atoms with Crippen LogP contribution >= 0.6 is 0 Å². The van der Waals surface area contributed by atoms with E-state index in [2.05, 4.69) is 67.6 Å². The molecule has 0 atom stereocenters. The number of benzene rings is 3. The molecule has 0 radical (unpaired) electrons. The molecule has 3 aromatic rings. The molecule has 0 saturated carbocycles. The predicted octanol–water partition coefficient (Wildman–Crippen LogP) is 5.58. The zero-order valence-corrected chi connectivity index (χ0v) is 18.8. The molecule has 0 aliphatic rings. The summed E-state index contributed by atoms with van der Waals surface area (Å²) in [7, 11) is -3.09. The van der Waals surface area contributed by atoms with Crippen LogP contribution in [0.15, 0.2) is 72.8 Å². The second-order valence-corrected chi connectivity index (χ2v) is 9.28. The van der Waals surface area contributed by atoms with Gasteiger partial charge in [-0.2, -0.15) is 0 Å². The lowest BCUT2D eigenvalue weighted by Gasteiger charge is -2.31. The Morgan fingerprint density at radius 1 is 0.586 bits per heavy atom. The first-order chi connectivity index (χ1) is 14.2. The molecule has 0 spiro atoms. The molecule has 3 aromatic carbocycles. The number of hydrogen-bond donors (Lipinski definition) is 0. The fraction of sp³-hybridized carbons (Fsp3) is 0.280. The minimum Gasteiger partial charge on any atom is -0.370 e. The highest BCUT2D eigenvalue weighted by atomic mass is 28.4. The van der Waals surface area contributed by atoms with Crippen molar-refractivity contribution in [3.8, 4) is 22.3 Å². The lowest BCUT2D eigenvalue weighted by atomic mass is 9.91. The fourth-order valence-corrected chi connectivity index (χ4v) is 6.49. The van der Waals surface area contributed by atoms with Crippen molar-refractivity contribution in [1.29, 1.82) is 0 Å². The third kappa shape index (κ3) is 4.51. The molecule has 0 amide bonds. The first-order valence-electron chi connectivity index (χ1n) is 10.3. The Balaban J connectivity index is 2.38. The van der Waals surface area contributed by atoms with Crippen molar-refractivity contribution in [3.05, 3.63) is 78.4 Å². The summed E-state index contributed by atoms with van der Waals surface area (Å²) >= 11 is 0. The zero-order chi connectivity index (χ0) is 20.7. The summed E-state index contributed by atoms with van der Waals surface area (Å²) in [5.41, 5.74) is 5.87. The minimum absolute atomic E-state index is 0.537. The van der Waals surface area contributed by atoms with E-state index in [1.165, 1.54) is 16.7 Å². The molecule has 0 bridgehead atoms. The number of rotatable bonds is 9. The Hall–Kier alpha value is -2.24. The maximum Gasteiger partial charge on any atom is 0.537 e. The normalized spacial score (nSPS) is 11.6. The van der Waals surface area contributed by atoms with E-state index < -0.39 is 8.80 Å². The molecular weight excluding hydrogens is 376 g/mol. The van der Waals surface area contributed by atoms with E-state index >= 15 is 0 Å². The summed E-state index contributed by atoms with van der Waals surface area (Å²) in [6, 6.07) is 25.3. The van der Waals surface area contributed by atoms with Gasteiger partial charge in [-0.3, -0.25) is 0 Å². The summed E-state index contributed by atoms with van der Waals surface area (Å²) in [6.45, 7) is 9.75. The number of aryl methyl sites for hydroxylation is 1. The third-order valence-corrected chi connectivity index (χ3v) is 7.95. The number of hydrogen-bond acceptors (Lipinski definition) is 3. The van der Waals surface area contributed by atoms with Gasteiger partial charge in [-0.25, -0.2) is 0 Å². The van der Waals surface area contributed by atoms with Crippen LogP contribution in [0.2, 0.25) is 0 Å². The summed E-state index contributed by atoms with van der Waals surface area (Å²) in [6.07, 6.45) is 0. The first kappa shape index (κ1) is 21.5. The van der Waals surface area contributed by atoms with E-state index in [1.54, 1.807) is 0 Å². The highest BCUT2D eigenvalue weighted by Gasteiger charge is 2.45. The molecule has 0 aromatic heterocycles. The second-order valence-electron chi connectivity index (χ2n) is 6.77. The van der Waals surface area contributed by atoms with Gasteiger partial charge >= 0.3 is 8.80 Å². The van der Waals surface area contributed by atoms with Gasteiger partial charge in [0.25, 0.3) is 0 Å². The van der Waals surface area contributed by atoms with Gasteiger partial charge in [0.2, 0.25) is 0 Å². The van der Waals surface area contributed by atoms with Crippen LogP contribution in [0, 0.1) is 6.92 Å². The Morgan fingerprint density at radius 3 is 1.48 bits per heavy atom. The highest BCUT2D eigenvalue weighted by Crippen LogP contribution is 2.35. The standard InChI is InChI=1S/C25H30O3Si/c1-5-26-29(27-6-2,28-7-3)23-19-18-20(4)24(21-14-10-8-11-15-21)25(23)22-16-12-9-13-17-22/h8-19H,5-7H2,1-4H3. The lowest BCUT2D eigenvalue weighted by Crippen LogP contribution is -2.57. The third-order valence-electron chi connectivity index (χ3n) is 4.87. The molecule has 29 heavy (non-hydrogen) atoms. The maximum absolute atomic E-state index is 6.28. The quantitative estimate of drug-likeness (QED) is 0.434. The second kappa shape index (κ2) is 9.99. The van der Waals surface area contributed by atoms with E-state index in [-0.39, 0.29) is 0 Å². The molecule has 152 valence electrons. The average molecular weight is 407 g/mol. The van der Waals surface area contributed by atoms with Gasteiger partial charge in [0.05, 0.1) is 0 Å². The van der Waals surface area contributed by atoms with E-state index in [1.807, 2.05) is 32.9 Å². The molecule has 0 unspecified atom stereocenters. The maximum atomic E-state index is 6.28. The van der Waals surface area contributed by atoms with Crippen molar-refractivity contribution in [3.63, 3.8) is 0 Å². The van der Waals surface area contributed by atoms with E-state index in [0.717, 1.165) is 16.3 Å². The average Bonchev–Trinajstić information content (AvgIpc) is 2.75. The van der Waals surface area contributed by atoms with Crippen molar-refractivity contribution < 1.29 is 13.3 Å². The smallest absolute Gasteiger partial charge is 0.370 e. The molecule has 0 saturated heterocycles. The summed E-state index contributed by atoms with van der Waals surface area (Å²) < 4.78 is 18.9. The summed E-state index contributed by atoms with van der Waals surface area (Å²) in [5.74, 6) is 0. The Bertz CT molecular complexity index is 893. The summed E-state index contributed by atoms with van der Waals surface area (Å²) in [5, 5.41) is 1.03. The molecule has 0 fully saturated rings. The van der Waals surface area contributed by atoms with Crippen LogP contribution in [0.1, 0.15) is 26.3 Å². The molecular formula is C25H30O3Si. The Kier molecular flexibility index (Phi) is 7.39. The molecule has 3 nitrogen and oxygen atoms in total. The molecule has 3 rings (SSSR count). The SMILES string of the molecule is CCO[Si](OCC)(OCC)c1ccc(C)c(-c2ccccc2)c1-c1ccccc1. The predicted molar refractivity (Wildman–Crippen MR) is 122 cm³/mol. The van der Waals surface area contributed by atoms with Crippen LogP contribution in [0.4, 0.5) is 0 Å². The monoisotopic (exact) mass is 406 g/mol. The van der Waals surface area contributed by atoms with Crippen LogP contribution < -0.4 is 5.19 Å². The molecule has 4 heteroatoms. The van der Waals surface area contributed by atoms with Crippen molar-refractivity contribution in [2.24, 2.45) is 0 Å². The van der Waals surface area contributed by atoms with Crippen LogP contribution in [0.5, 0.6) is 0 Å². The van der Waals surface area contributed by atoms with Crippen molar-refractivity contribution in [1.82, 2.24) is 0 Å². The van der Waals surface area contributed by atoms with Gasteiger partial charge in [-0.05, 0) is 55.5 Å². The van der Waals surface area contributed by atoms with Gasteiger partial charge in [-0.1, -0.05) is 72.8 Å². The zero-order valence-electron chi connectivity index (χ0n) is 17.8. The molecule has 0 N–H and O–H groups in total. The Labute approximate surface area is 175 Å². The van der Waals surface area contributed by atoms with Gasteiger partial charge < -0.3 is 13.3 Å². The Morgan fingerprint density at radius 2 is 1.03 bits per heavy atom. The van der Waals surface area contributed by atoms with E-state index in [9.17, 15) is 0 Å². The largest absolute Gasteiger partial charge is 0.537 e. The van der Waals surface area contributed by atoms with Crippen molar-refractivity contribution in [2.45, 2.75) is 27.7 Å². The van der Waals surface area contributed by atoms with Gasteiger partial charge in [0, 0.05) is 25.0 Å². The lowest BCUT2D eigenvalue weighted by molar-refractivity contribution is 0.0860. The highest BCUT2D eigenvalue weighted by molar-refractivity contribution is 6.77. The van der Waals surface area contributed by atoms with Crippen molar-refractivity contribution >= 4 is 14.0 Å². The van der Waals surface area contributed by atoms with Crippen LogP contribution in [0.25, 0.3) is 22.3 Å². The summed E-state index contributed by atoms with van der Waals surface area (Å²) in [4.78, 5) is 0. The van der Waals surface area contributed by atoms with Crippen LogP contribution in [-0.4, -0.2) is 28.6 Å².